The lowest BCUT2D eigenvalue weighted by molar-refractivity contribution is 0.0600. The molecule has 1 saturated heterocycles. The van der Waals surface area contributed by atoms with Crippen molar-refractivity contribution in [2.24, 2.45) is 0 Å². The van der Waals surface area contributed by atoms with Crippen molar-refractivity contribution < 1.29 is 22.7 Å². The van der Waals surface area contributed by atoms with Crippen molar-refractivity contribution in [1.29, 1.82) is 0 Å². The summed E-state index contributed by atoms with van der Waals surface area (Å²) in [4.78, 5) is 26.6. The second-order valence-corrected chi connectivity index (χ2v) is 9.64. The van der Waals surface area contributed by atoms with E-state index in [1.807, 2.05) is 0 Å². The van der Waals surface area contributed by atoms with E-state index in [4.69, 9.17) is 16.3 Å². The van der Waals surface area contributed by atoms with Crippen LogP contribution in [0, 0.1) is 0 Å². The molecule has 30 heavy (non-hydrogen) atoms. The van der Waals surface area contributed by atoms with Gasteiger partial charge in [0.25, 0.3) is 5.91 Å². The van der Waals surface area contributed by atoms with Gasteiger partial charge in [-0.3, -0.25) is 4.79 Å². The number of carbonyl (C=O) groups excluding carboxylic acids is 2. The van der Waals surface area contributed by atoms with E-state index < -0.39 is 16.0 Å². The number of nitrogens with zero attached hydrogens (tertiary/aromatic N) is 2. The molecule has 2 aromatic rings. The molecule has 1 fully saturated rings. The SMILES string of the molecule is COC(=O)c1ccc2c(c1)CCN2C(=O)c1cc(S(=O)(=O)N2CCCC2)ccc1Cl. The number of fused-ring (bicyclic) bond motifs is 1. The third-order valence-electron chi connectivity index (χ3n) is 5.51. The lowest BCUT2D eigenvalue weighted by atomic mass is 10.1. The predicted molar refractivity (Wildman–Crippen MR) is 113 cm³/mol. The Kier molecular flexibility index (Phi) is 5.57. The zero-order valence-corrected chi connectivity index (χ0v) is 18.0. The molecule has 4 rings (SSSR count). The van der Waals surface area contributed by atoms with Crippen molar-refractivity contribution in [2.75, 3.05) is 31.6 Å². The number of methoxy groups -OCH3 is 1. The van der Waals surface area contributed by atoms with Crippen molar-refractivity contribution in [3.8, 4) is 0 Å². The van der Waals surface area contributed by atoms with Crippen LogP contribution in [0.2, 0.25) is 5.02 Å². The van der Waals surface area contributed by atoms with E-state index >= 15 is 0 Å². The second kappa shape index (κ2) is 8.02. The first kappa shape index (κ1) is 20.8. The van der Waals surface area contributed by atoms with E-state index in [2.05, 4.69) is 0 Å². The van der Waals surface area contributed by atoms with Crippen LogP contribution < -0.4 is 4.90 Å². The summed E-state index contributed by atoms with van der Waals surface area (Å²) < 4.78 is 31.9. The Morgan fingerprint density at radius 1 is 1.03 bits per heavy atom. The summed E-state index contributed by atoms with van der Waals surface area (Å²) in [6, 6.07) is 9.27. The van der Waals surface area contributed by atoms with Crippen LogP contribution in [0.4, 0.5) is 5.69 Å². The molecule has 0 saturated carbocycles. The number of carbonyl (C=O) groups is 2. The highest BCUT2D eigenvalue weighted by Gasteiger charge is 2.31. The Hall–Kier alpha value is -2.42. The number of hydrogen-bond acceptors (Lipinski definition) is 5. The Balaban J connectivity index is 1.66. The Bertz CT molecular complexity index is 1130. The topological polar surface area (TPSA) is 84.0 Å². The fraction of sp³-hybridized carbons (Fsp3) is 0.333. The van der Waals surface area contributed by atoms with Crippen molar-refractivity contribution in [1.82, 2.24) is 4.31 Å². The first-order chi connectivity index (χ1) is 14.3. The molecule has 9 heteroatoms. The van der Waals surface area contributed by atoms with Crippen LogP contribution in [-0.2, 0) is 21.2 Å². The maximum Gasteiger partial charge on any atom is 0.337 e. The van der Waals surface area contributed by atoms with Gasteiger partial charge in [-0.1, -0.05) is 11.6 Å². The van der Waals surface area contributed by atoms with E-state index in [1.165, 1.54) is 29.6 Å². The van der Waals surface area contributed by atoms with Crippen molar-refractivity contribution in [3.63, 3.8) is 0 Å². The van der Waals surface area contributed by atoms with E-state index in [9.17, 15) is 18.0 Å². The molecule has 0 spiro atoms. The molecule has 0 radical (unpaired) electrons. The summed E-state index contributed by atoms with van der Waals surface area (Å²) in [6.07, 6.45) is 2.24. The number of halogens is 1. The van der Waals surface area contributed by atoms with Crippen LogP contribution in [-0.4, -0.2) is 51.3 Å². The molecule has 2 aromatic carbocycles. The number of amides is 1. The van der Waals surface area contributed by atoms with Crippen molar-refractivity contribution >= 4 is 39.2 Å². The number of esters is 1. The first-order valence-corrected chi connectivity index (χ1v) is 11.5. The molecule has 0 aliphatic carbocycles. The van der Waals surface area contributed by atoms with Gasteiger partial charge in [-0.2, -0.15) is 4.31 Å². The summed E-state index contributed by atoms with van der Waals surface area (Å²) in [5.74, 6) is -0.812. The minimum atomic E-state index is -3.66. The number of hydrogen-bond donors (Lipinski definition) is 0. The van der Waals surface area contributed by atoms with Crippen molar-refractivity contribution in [2.45, 2.75) is 24.2 Å². The highest BCUT2D eigenvalue weighted by molar-refractivity contribution is 7.89. The average Bonchev–Trinajstić information content (AvgIpc) is 3.42. The summed E-state index contributed by atoms with van der Waals surface area (Å²) in [7, 11) is -2.34. The van der Waals surface area contributed by atoms with E-state index in [0.29, 0.717) is 37.3 Å². The third kappa shape index (κ3) is 3.59. The molecular weight excluding hydrogens is 428 g/mol. The van der Waals surface area contributed by atoms with Gasteiger partial charge in [0.05, 0.1) is 28.2 Å². The van der Waals surface area contributed by atoms with E-state index in [-0.39, 0.29) is 21.4 Å². The Morgan fingerprint density at radius 3 is 2.47 bits per heavy atom. The van der Waals surface area contributed by atoms with Gasteiger partial charge >= 0.3 is 5.97 Å². The van der Waals surface area contributed by atoms with Crippen LogP contribution in [0.1, 0.15) is 39.1 Å². The molecule has 0 bridgehead atoms. The van der Waals surface area contributed by atoms with Crippen LogP contribution in [0.3, 0.4) is 0 Å². The number of rotatable bonds is 4. The maximum atomic E-state index is 13.2. The normalized spacial score (nSPS) is 16.5. The van der Waals surface area contributed by atoms with Crippen LogP contribution in [0.25, 0.3) is 0 Å². The molecule has 0 unspecified atom stereocenters. The number of sulfonamides is 1. The fourth-order valence-corrected chi connectivity index (χ4v) is 5.65. The summed E-state index contributed by atoms with van der Waals surface area (Å²) in [5, 5.41) is 0.194. The lowest BCUT2D eigenvalue weighted by Gasteiger charge is -2.20. The minimum absolute atomic E-state index is 0.0672. The van der Waals surface area contributed by atoms with Gasteiger partial charge in [0.15, 0.2) is 0 Å². The molecule has 0 atom stereocenters. The average molecular weight is 449 g/mol. The molecular formula is C21H21ClN2O5S. The molecule has 2 heterocycles. The van der Waals surface area contributed by atoms with Gasteiger partial charge in [0, 0.05) is 25.3 Å². The highest BCUT2D eigenvalue weighted by atomic mass is 35.5. The summed E-state index contributed by atoms with van der Waals surface area (Å²) in [5.41, 5.74) is 2.09. The molecule has 2 aliphatic rings. The van der Waals surface area contributed by atoms with E-state index in [0.717, 1.165) is 18.4 Å². The zero-order chi connectivity index (χ0) is 21.5. The minimum Gasteiger partial charge on any atom is -0.465 e. The molecule has 0 aromatic heterocycles. The quantitative estimate of drug-likeness (QED) is 0.671. The summed E-state index contributed by atoms with van der Waals surface area (Å²) in [6.45, 7) is 1.38. The van der Waals surface area contributed by atoms with Gasteiger partial charge in [-0.25, -0.2) is 13.2 Å². The Morgan fingerprint density at radius 2 is 1.77 bits per heavy atom. The second-order valence-electron chi connectivity index (χ2n) is 7.29. The summed E-state index contributed by atoms with van der Waals surface area (Å²) >= 11 is 6.27. The molecule has 2 aliphatic heterocycles. The molecule has 7 nitrogen and oxygen atoms in total. The Labute approximate surface area is 180 Å². The van der Waals surface area contributed by atoms with Crippen LogP contribution >= 0.6 is 11.6 Å². The standard InChI is InChI=1S/C21H21ClN2O5S/c1-29-21(26)15-4-7-19-14(12-15)8-11-24(19)20(25)17-13-16(5-6-18(17)22)30(27,28)23-9-2-3-10-23/h4-7,12-13H,2-3,8-11H2,1H3. The number of anilines is 1. The monoisotopic (exact) mass is 448 g/mol. The first-order valence-electron chi connectivity index (χ1n) is 9.66. The highest BCUT2D eigenvalue weighted by Crippen LogP contribution is 2.33. The lowest BCUT2D eigenvalue weighted by Crippen LogP contribution is -2.30. The van der Waals surface area contributed by atoms with Gasteiger partial charge in [0.1, 0.15) is 0 Å². The molecule has 158 valence electrons. The van der Waals surface area contributed by atoms with Gasteiger partial charge in [0.2, 0.25) is 10.0 Å². The molecule has 0 N–H and O–H groups in total. The van der Waals surface area contributed by atoms with Gasteiger partial charge in [-0.15, -0.1) is 0 Å². The van der Waals surface area contributed by atoms with Gasteiger partial charge in [-0.05, 0) is 61.2 Å². The van der Waals surface area contributed by atoms with E-state index in [1.54, 1.807) is 23.1 Å². The predicted octanol–water partition coefficient (Wildman–Crippen LogP) is 3.11. The largest absolute Gasteiger partial charge is 0.465 e. The molecule has 1 amide bonds. The fourth-order valence-electron chi connectivity index (χ4n) is 3.91. The van der Waals surface area contributed by atoms with Crippen LogP contribution in [0.5, 0.6) is 0 Å². The number of benzene rings is 2. The smallest absolute Gasteiger partial charge is 0.337 e. The van der Waals surface area contributed by atoms with Crippen LogP contribution in [0.15, 0.2) is 41.3 Å². The zero-order valence-electron chi connectivity index (χ0n) is 16.4. The van der Waals surface area contributed by atoms with Crippen molar-refractivity contribution in [3.05, 3.63) is 58.1 Å². The number of ether oxygens (including phenoxy) is 1. The maximum absolute atomic E-state index is 13.2. The van der Waals surface area contributed by atoms with Gasteiger partial charge < -0.3 is 9.64 Å². The third-order valence-corrected chi connectivity index (χ3v) is 7.74.